The highest BCUT2D eigenvalue weighted by molar-refractivity contribution is 6.05. The zero-order valence-corrected chi connectivity index (χ0v) is 10.6. The van der Waals surface area contributed by atoms with E-state index in [1.807, 2.05) is 18.2 Å². The number of amides is 1. The molecule has 5 heteroatoms. The predicted molar refractivity (Wildman–Crippen MR) is 70.0 cm³/mol. The van der Waals surface area contributed by atoms with Gasteiger partial charge in [-0.25, -0.2) is 0 Å². The molecule has 2 aromatic rings. The minimum atomic E-state index is -0.865. The fourth-order valence-corrected chi connectivity index (χ4v) is 1.89. The third-order valence-electron chi connectivity index (χ3n) is 2.86. The Morgan fingerprint density at radius 2 is 2.11 bits per heavy atom. The van der Waals surface area contributed by atoms with Gasteiger partial charge in [-0.3, -0.25) is 9.59 Å². The molecule has 1 amide bonds. The van der Waals surface area contributed by atoms with Crippen LogP contribution in [0.5, 0.6) is 0 Å². The first-order valence-corrected chi connectivity index (χ1v) is 6.04. The molecule has 2 N–H and O–H groups in total. The van der Waals surface area contributed by atoms with Crippen LogP contribution in [-0.4, -0.2) is 23.5 Å². The van der Waals surface area contributed by atoms with Crippen LogP contribution in [0.3, 0.4) is 0 Å². The summed E-state index contributed by atoms with van der Waals surface area (Å²) in [7, 11) is 0. The van der Waals surface area contributed by atoms with Crippen LogP contribution in [0.2, 0.25) is 0 Å². The molecule has 0 saturated heterocycles. The minimum absolute atomic E-state index is 0.0341. The van der Waals surface area contributed by atoms with E-state index in [9.17, 15) is 9.59 Å². The normalized spacial score (nSPS) is 12.3. The van der Waals surface area contributed by atoms with E-state index in [1.54, 1.807) is 13.0 Å². The minimum Gasteiger partial charge on any atom is -0.481 e. The lowest BCUT2D eigenvalue weighted by molar-refractivity contribution is -0.137. The lowest BCUT2D eigenvalue weighted by Gasteiger charge is -2.09. The largest absolute Gasteiger partial charge is 0.481 e. The SMILES string of the molecule is C[C@H](CNC(=O)c1coc2ccccc12)CC(=O)O. The maximum absolute atomic E-state index is 12.0. The number of hydrogen-bond donors (Lipinski definition) is 2. The molecule has 2 rings (SSSR count). The van der Waals surface area contributed by atoms with Gasteiger partial charge in [-0.2, -0.15) is 0 Å². The Hall–Kier alpha value is -2.30. The van der Waals surface area contributed by atoms with Gasteiger partial charge in [-0.1, -0.05) is 25.1 Å². The van der Waals surface area contributed by atoms with Crippen LogP contribution < -0.4 is 5.32 Å². The predicted octanol–water partition coefficient (Wildman–Crippen LogP) is 2.27. The Kier molecular flexibility index (Phi) is 3.85. The molecule has 0 unspecified atom stereocenters. The lowest BCUT2D eigenvalue weighted by Crippen LogP contribution is -2.29. The highest BCUT2D eigenvalue weighted by Crippen LogP contribution is 2.20. The first-order chi connectivity index (χ1) is 9.08. The van der Waals surface area contributed by atoms with E-state index in [4.69, 9.17) is 9.52 Å². The molecule has 0 bridgehead atoms. The fourth-order valence-electron chi connectivity index (χ4n) is 1.89. The van der Waals surface area contributed by atoms with Gasteiger partial charge in [0.2, 0.25) is 0 Å². The van der Waals surface area contributed by atoms with E-state index in [-0.39, 0.29) is 18.2 Å². The molecule has 0 aliphatic heterocycles. The van der Waals surface area contributed by atoms with Crippen LogP contribution in [0.15, 0.2) is 34.9 Å². The summed E-state index contributed by atoms with van der Waals surface area (Å²) in [5, 5.41) is 12.1. The average Bonchev–Trinajstić information content (AvgIpc) is 2.79. The molecule has 1 aromatic carbocycles. The van der Waals surface area contributed by atoms with Crippen molar-refractivity contribution in [3.05, 3.63) is 36.1 Å². The van der Waals surface area contributed by atoms with E-state index in [2.05, 4.69) is 5.32 Å². The van der Waals surface area contributed by atoms with Gasteiger partial charge in [0, 0.05) is 18.4 Å². The summed E-state index contributed by atoms with van der Waals surface area (Å²) in [5.74, 6) is -1.22. The number of para-hydroxylation sites is 1. The lowest BCUT2D eigenvalue weighted by atomic mass is 10.1. The molecule has 0 spiro atoms. The second kappa shape index (κ2) is 5.56. The number of carboxylic acids is 1. The van der Waals surface area contributed by atoms with E-state index in [1.165, 1.54) is 6.26 Å². The Balaban J connectivity index is 2.02. The Labute approximate surface area is 110 Å². The molecule has 0 aliphatic carbocycles. The summed E-state index contributed by atoms with van der Waals surface area (Å²) in [6.45, 7) is 2.10. The number of nitrogens with one attached hydrogen (secondary N) is 1. The number of hydrogen-bond acceptors (Lipinski definition) is 3. The highest BCUT2D eigenvalue weighted by atomic mass is 16.4. The maximum Gasteiger partial charge on any atom is 0.303 e. The molecule has 0 aliphatic rings. The molecular formula is C14H15NO4. The van der Waals surface area contributed by atoms with Gasteiger partial charge in [0.1, 0.15) is 11.8 Å². The number of furan rings is 1. The van der Waals surface area contributed by atoms with Crippen molar-refractivity contribution in [1.29, 1.82) is 0 Å². The van der Waals surface area contributed by atoms with Crippen LogP contribution in [0.25, 0.3) is 11.0 Å². The quantitative estimate of drug-likeness (QED) is 0.865. The number of rotatable bonds is 5. The topological polar surface area (TPSA) is 79.5 Å². The standard InChI is InChI=1S/C14H15NO4/c1-9(6-13(16)17)7-15-14(18)11-8-19-12-5-3-2-4-10(11)12/h2-5,8-9H,6-7H2,1H3,(H,15,18)(H,16,17)/t9-/m0/s1. The monoisotopic (exact) mass is 261 g/mol. The number of fused-ring (bicyclic) bond motifs is 1. The van der Waals surface area contributed by atoms with Gasteiger partial charge >= 0.3 is 5.97 Å². The van der Waals surface area contributed by atoms with Crippen LogP contribution in [0.1, 0.15) is 23.7 Å². The molecule has 100 valence electrons. The molecule has 1 heterocycles. The summed E-state index contributed by atoms with van der Waals surface area (Å²) < 4.78 is 5.29. The smallest absolute Gasteiger partial charge is 0.303 e. The summed E-state index contributed by atoms with van der Waals surface area (Å²) in [5.41, 5.74) is 1.13. The number of aliphatic carboxylic acids is 1. The third kappa shape index (κ3) is 3.13. The van der Waals surface area contributed by atoms with Gasteiger partial charge < -0.3 is 14.8 Å². The zero-order valence-electron chi connectivity index (χ0n) is 10.6. The first kappa shape index (κ1) is 13.1. The van der Waals surface area contributed by atoms with Crippen molar-refractivity contribution in [2.24, 2.45) is 5.92 Å². The number of benzene rings is 1. The molecule has 19 heavy (non-hydrogen) atoms. The fraction of sp³-hybridized carbons (Fsp3) is 0.286. The van der Waals surface area contributed by atoms with Gasteiger partial charge in [0.05, 0.1) is 5.56 Å². The number of carboxylic acid groups (broad SMARTS) is 1. The van der Waals surface area contributed by atoms with Gasteiger partial charge in [0.25, 0.3) is 5.91 Å². The van der Waals surface area contributed by atoms with E-state index in [0.717, 1.165) is 5.39 Å². The molecular weight excluding hydrogens is 246 g/mol. The van der Waals surface area contributed by atoms with Crippen LogP contribution in [0, 0.1) is 5.92 Å². The van der Waals surface area contributed by atoms with Crippen LogP contribution in [0.4, 0.5) is 0 Å². The Morgan fingerprint density at radius 1 is 1.37 bits per heavy atom. The summed E-state index contributed by atoms with van der Waals surface area (Å²) >= 11 is 0. The van der Waals surface area contributed by atoms with Crippen molar-refractivity contribution in [2.75, 3.05) is 6.54 Å². The second-order valence-corrected chi connectivity index (χ2v) is 4.56. The number of carbonyl (C=O) groups excluding carboxylic acids is 1. The zero-order chi connectivity index (χ0) is 13.8. The summed E-state index contributed by atoms with van der Waals surface area (Å²) in [6, 6.07) is 7.28. The third-order valence-corrected chi connectivity index (χ3v) is 2.86. The van der Waals surface area contributed by atoms with Crippen molar-refractivity contribution in [1.82, 2.24) is 5.32 Å². The van der Waals surface area contributed by atoms with Crippen molar-refractivity contribution >= 4 is 22.8 Å². The Bertz CT molecular complexity index is 602. The van der Waals surface area contributed by atoms with Crippen molar-refractivity contribution in [3.63, 3.8) is 0 Å². The first-order valence-electron chi connectivity index (χ1n) is 6.04. The van der Waals surface area contributed by atoms with Crippen molar-refractivity contribution in [3.8, 4) is 0 Å². The molecule has 1 atom stereocenters. The maximum atomic E-state index is 12.0. The molecule has 0 fully saturated rings. The van der Waals surface area contributed by atoms with Gasteiger partial charge in [-0.05, 0) is 12.0 Å². The highest BCUT2D eigenvalue weighted by Gasteiger charge is 2.14. The van der Waals surface area contributed by atoms with Gasteiger partial charge in [0.15, 0.2) is 0 Å². The molecule has 5 nitrogen and oxygen atoms in total. The molecule has 0 radical (unpaired) electrons. The van der Waals surface area contributed by atoms with E-state index >= 15 is 0 Å². The summed E-state index contributed by atoms with van der Waals surface area (Å²) in [6.07, 6.45) is 1.45. The van der Waals surface area contributed by atoms with Crippen LogP contribution >= 0.6 is 0 Å². The van der Waals surface area contributed by atoms with Crippen molar-refractivity contribution in [2.45, 2.75) is 13.3 Å². The van der Waals surface area contributed by atoms with Gasteiger partial charge in [-0.15, -0.1) is 0 Å². The van der Waals surface area contributed by atoms with Crippen molar-refractivity contribution < 1.29 is 19.1 Å². The summed E-state index contributed by atoms with van der Waals surface area (Å²) in [4.78, 5) is 22.5. The second-order valence-electron chi connectivity index (χ2n) is 4.56. The van der Waals surface area contributed by atoms with E-state index in [0.29, 0.717) is 17.7 Å². The Morgan fingerprint density at radius 3 is 2.84 bits per heavy atom. The average molecular weight is 261 g/mol. The molecule has 0 saturated carbocycles. The van der Waals surface area contributed by atoms with E-state index < -0.39 is 5.97 Å². The number of carbonyl (C=O) groups is 2. The van der Waals surface area contributed by atoms with Crippen LogP contribution in [-0.2, 0) is 4.79 Å². The molecule has 1 aromatic heterocycles.